The third-order valence-electron chi connectivity index (χ3n) is 3.00. The Kier molecular flexibility index (Phi) is 5.71. The van der Waals surface area contributed by atoms with E-state index in [1.807, 2.05) is 18.2 Å². The molecule has 1 unspecified atom stereocenters. The van der Waals surface area contributed by atoms with Gasteiger partial charge in [-0.1, -0.05) is 44.2 Å². The van der Waals surface area contributed by atoms with Crippen molar-refractivity contribution in [1.29, 1.82) is 0 Å². The van der Waals surface area contributed by atoms with Gasteiger partial charge in [0.25, 0.3) is 0 Å². The van der Waals surface area contributed by atoms with Crippen molar-refractivity contribution in [3.8, 4) is 10.6 Å². The molecule has 0 aliphatic heterocycles. The molecule has 0 amide bonds. The smallest absolute Gasteiger partial charge is 0.123 e. The number of aliphatic hydroxyl groups excluding tert-OH is 1. The Morgan fingerprint density at radius 2 is 2.00 bits per heavy atom. The van der Waals surface area contributed by atoms with E-state index in [-0.39, 0.29) is 6.10 Å². The van der Waals surface area contributed by atoms with E-state index in [1.54, 1.807) is 11.3 Å². The number of hydrogen-bond donors (Lipinski definition) is 2. The van der Waals surface area contributed by atoms with Crippen LogP contribution in [0.4, 0.5) is 0 Å². The largest absolute Gasteiger partial charge is 0.392 e. The van der Waals surface area contributed by atoms with Crippen LogP contribution in [-0.2, 0) is 6.54 Å². The zero-order valence-corrected chi connectivity index (χ0v) is 12.9. The quantitative estimate of drug-likeness (QED) is 0.822. The molecule has 0 aliphatic rings. The van der Waals surface area contributed by atoms with Crippen molar-refractivity contribution in [1.82, 2.24) is 10.3 Å². The van der Waals surface area contributed by atoms with Gasteiger partial charge in [0.15, 0.2) is 0 Å². The van der Waals surface area contributed by atoms with Crippen LogP contribution in [0.5, 0.6) is 0 Å². The topological polar surface area (TPSA) is 45.1 Å². The zero-order valence-electron chi connectivity index (χ0n) is 12.0. The van der Waals surface area contributed by atoms with Gasteiger partial charge >= 0.3 is 0 Å². The minimum atomic E-state index is -0.276. The maximum Gasteiger partial charge on any atom is 0.123 e. The molecule has 4 heteroatoms. The number of benzene rings is 1. The van der Waals surface area contributed by atoms with Crippen molar-refractivity contribution in [2.24, 2.45) is 5.92 Å². The lowest BCUT2D eigenvalue weighted by Gasteiger charge is -2.13. The highest BCUT2D eigenvalue weighted by atomic mass is 32.1. The van der Waals surface area contributed by atoms with Gasteiger partial charge in [-0.05, 0) is 12.3 Å². The van der Waals surface area contributed by atoms with Crippen molar-refractivity contribution in [2.45, 2.75) is 32.9 Å². The number of thiazole rings is 1. The second-order valence-electron chi connectivity index (χ2n) is 5.42. The first-order valence-corrected chi connectivity index (χ1v) is 7.91. The molecule has 0 radical (unpaired) electrons. The molecular weight excluding hydrogens is 268 g/mol. The molecule has 2 rings (SSSR count). The van der Waals surface area contributed by atoms with Crippen LogP contribution in [0.15, 0.2) is 35.7 Å². The molecule has 108 valence electrons. The molecule has 0 aliphatic carbocycles. The number of nitrogens with one attached hydrogen (secondary N) is 1. The van der Waals surface area contributed by atoms with E-state index in [9.17, 15) is 5.11 Å². The molecule has 0 fully saturated rings. The molecule has 0 saturated heterocycles. The number of aliphatic hydroxyl groups is 1. The Morgan fingerprint density at radius 1 is 1.25 bits per heavy atom. The fourth-order valence-corrected chi connectivity index (χ4v) is 2.92. The maximum absolute atomic E-state index is 9.80. The molecule has 0 bridgehead atoms. The highest BCUT2D eigenvalue weighted by Crippen LogP contribution is 2.23. The first-order valence-electron chi connectivity index (χ1n) is 7.03. The molecule has 0 spiro atoms. The lowest BCUT2D eigenvalue weighted by Crippen LogP contribution is -2.27. The average Bonchev–Trinajstić information content (AvgIpc) is 2.88. The summed E-state index contributed by atoms with van der Waals surface area (Å²) in [5.41, 5.74) is 2.19. The molecular formula is C16H22N2OS. The van der Waals surface area contributed by atoms with Crippen LogP contribution < -0.4 is 5.32 Å². The molecule has 3 nitrogen and oxygen atoms in total. The monoisotopic (exact) mass is 290 g/mol. The van der Waals surface area contributed by atoms with E-state index in [4.69, 9.17) is 0 Å². The van der Waals surface area contributed by atoms with E-state index in [1.165, 1.54) is 0 Å². The summed E-state index contributed by atoms with van der Waals surface area (Å²) in [5.74, 6) is 0.524. The highest BCUT2D eigenvalue weighted by Gasteiger charge is 2.08. The standard InChI is InChI=1S/C16H22N2OS/c1-12(2)8-15(19)10-17-9-14-11-20-16(18-14)13-6-4-3-5-7-13/h3-7,11-12,15,17,19H,8-10H2,1-2H3. The van der Waals surface area contributed by atoms with Crippen LogP contribution >= 0.6 is 11.3 Å². The number of rotatable bonds is 7. The Balaban J connectivity index is 1.82. The van der Waals surface area contributed by atoms with Crippen molar-refractivity contribution in [3.05, 3.63) is 41.4 Å². The van der Waals surface area contributed by atoms with E-state index in [0.717, 1.165) is 22.7 Å². The Bertz CT molecular complexity index is 510. The van der Waals surface area contributed by atoms with Crippen LogP contribution in [0.3, 0.4) is 0 Å². The maximum atomic E-state index is 9.80. The fraction of sp³-hybridized carbons (Fsp3) is 0.438. The fourth-order valence-electron chi connectivity index (χ4n) is 2.10. The van der Waals surface area contributed by atoms with Gasteiger partial charge in [0.1, 0.15) is 5.01 Å². The number of aromatic nitrogens is 1. The van der Waals surface area contributed by atoms with Gasteiger partial charge in [-0.2, -0.15) is 0 Å². The third-order valence-corrected chi connectivity index (χ3v) is 3.94. The molecule has 2 aromatic rings. The van der Waals surface area contributed by atoms with E-state index in [2.05, 4.69) is 41.7 Å². The van der Waals surface area contributed by atoms with Crippen molar-refractivity contribution in [3.63, 3.8) is 0 Å². The molecule has 1 heterocycles. The first-order chi connectivity index (χ1) is 9.65. The molecule has 1 aromatic heterocycles. The number of hydrogen-bond acceptors (Lipinski definition) is 4. The van der Waals surface area contributed by atoms with Gasteiger partial charge in [-0.3, -0.25) is 0 Å². The first kappa shape index (κ1) is 15.2. The molecule has 20 heavy (non-hydrogen) atoms. The number of nitrogens with zero attached hydrogens (tertiary/aromatic N) is 1. The summed E-state index contributed by atoms with van der Waals surface area (Å²) in [5, 5.41) is 16.2. The summed E-state index contributed by atoms with van der Waals surface area (Å²) in [6.45, 7) is 5.57. The van der Waals surface area contributed by atoms with Gasteiger partial charge in [0.2, 0.25) is 0 Å². The minimum Gasteiger partial charge on any atom is -0.392 e. The summed E-state index contributed by atoms with van der Waals surface area (Å²) < 4.78 is 0. The summed E-state index contributed by atoms with van der Waals surface area (Å²) in [6.07, 6.45) is 0.557. The van der Waals surface area contributed by atoms with Gasteiger partial charge in [0.05, 0.1) is 11.8 Å². The Hall–Kier alpha value is -1.23. The Labute approximate surface area is 124 Å². The average molecular weight is 290 g/mol. The summed E-state index contributed by atoms with van der Waals surface area (Å²) in [6, 6.07) is 10.2. The van der Waals surface area contributed by atoms with Gasteiger partial charge in [0, 0.05) is 24.0 Å². The van der Waals surface area contributed by atoms with Crippen LogP contribution in [-0.4, -0.2) is 22.7 Å². The SMILES string of the molecule is CC(C)CC(O)CNCc1csc(-c2ccccc2)n1. The van der Waals surface area contributed by atoms with Crippen LogP contribution in [0.2, 0.25) is 0 Å². The molecule has 2 N–H and O–H groups in total. The van der Waals surface area contributed by atoms with Gasteiger partial charge in [-0.15, -0.1) is 11.3 Å². The van der Waals surface area contributed by atoms with Gasteiger partial charge in [-0.25, -0.2) is 4.98 Å². The predicted molar refractivity (Wildman–Crippen MR) is 84.7 cm³/mol. The summed E-state index contributed by atoms with van der Waals surface area (Å²) in [7, 11) is 0. The summed E-state index contributed by atoms with van der Waals surface area (Å²) >= 11 is 1.66. The predicted octanol–water partition coefficient (Wildman–Crippen LogP) is 3.31. The van der Waals surface area contributed by atoms with Crippen LogP contribution in [0.25, 0.3) is 10.6 Å². The van der Waals surface area contributed by atoms with Crippen molar-refractivity contribution >= 4 is 11.3 Å². The third kappa shape index (κ3) is 4.71. The van der Waals surface area contributed by atoms with E-state index in [0.29, 0.717) is 19.0 Å². The second kappa shape index (κ2) is 7.53. The minimum absolute atomic E-state index is 0.276. The zero-order chi connectivity index (χ0) is 14.4. The van der Waals surface area contributed by atoms with Crippen LogP contribution in [0, 0.1) is 5.92 Å². The van der Waals surface area contributed by atoms with Crippen molar-refractivity contribution in [2.75, 3.05) is 6.54 Å². The van der Waals surface area contributed by atoms with Crippen LogP contribution in [0.1, 0.15) is 26.0 Å². The molecule has 1 aromatic carbocycles. The lowest BCUT2D eigenvalue weighted by atomic mass is 10.1. The van der Waals surface area contributed by atoms with E-state index >= 15 is 0 Å². The highest BCUT2D eigenvalue weighted by molar-refractivity contribution is 7.13. The second-order valence-corrected chi connectivity index (χ2v) is 6.28. The molecule has 1 atom stereocenters. The summed E-state index contributed by atoms with van der Waals surface area (Å²) in [4.78, 5) is 4.61. The van der Waals surface area contributed by atoms with E-state index < -0.39 is 0 Å². The Morgan fingerprint density at radius 3 is 2.70 bits per heavy atom. The van der Waals surface area contributed by atoms with Gasteiger partial charge < -0.3 is 10.4 Å². The normalized spacial score (nSPS) is 12.8. The van der Waals surface area contributed by atoms with Crippen molar-refractivity contribution < 1.29 is 5.11 Å². The lowest BCUT2D eigenvalue weighted by molar-refractivity contribution is 0.146. The molecule has 0 saturated carbocycles.